The third-order valence-electron chi connectivity index (χ3n) is 3.39. The summed E-state index contributed by atoms with van der Waals surface area (Å²) in [4.78, 5) is 16.5. The second kappa shape index (κ2) is 6.11. The quantitative estimate of drug-likeness (QED) is 0.786. The first-order valence-electron chi connectivity index (χ1n) is 7.28. The number of hydrogen-bond acceptors (Lipinski definition) is 4. The number of rotatable bonds is 5. The number of nitrogens with zero attached hydrogens (tertiary/aromatic N) is 3. The van der Waals surface area contributed by atoms with Gasteiger partial charge in [0.05, 0.1) is 10.9 Å². The molecule has 1 N–H and O–H groups in total. The first-order chi connectivity index (χ1) is 10.7. The van der Waals surface area contributed by atoms with Crippen molar-refractivity contribution in [3.05, 3.63) is 30.3 Å². The number of ether oxygens (including phenoxy) is 1. The van der Waals surface area contributed by atoms with Gasteiger partial charge in [-0.1, -0.05) is 25.1 Å². The fourth-order valence-electron chi connectivity index (χ4n) is 2.46. The zero-order valence-electron chi connectivity index (χ0n) is 12.7. The van der Waals surface area contributed by atoms with Gasteiger partial charge in [0, 0.05) is 19.0 Å². The smallest absolute Gasteiger partial charge is 0.251 e. The van der Waals surface area contributed by atoms with Gasteiger partial charge in [0.25, 0.3) is 5.91 Å². The Kier molecular flexibility index (Phi) is 4.02. The molecule has 6 heteroatoms. The molecule has 0 atom stereocenters. The summed E-state index contributed by atoms with van der Waals surface area (Å²) in [7, 11) is 1.49. The Morgan fingerprint density at radius 2 is 2.18 bits per heavy atom. The summed E-state index contributed by atoms with van der Waals surface area (Å²) in [6, 6.07) is 9.92. The molecule has 22 heavy (non-hydrogen) atoms. The van der Waals surface area contributed by atoms with Crippen LogP contribution in [0.5, 0.6) is 0 Å². The van der Waals surface area contributed by atoms with Crippen molar-refractivity contribution in [3.8, 4) is 0 Å². The number of pyridine rings is 1. The van der Waals surface area contributed by atoms with Crippen LogP contribution in [-0.2, 0) is 16.1 Å². The molecule has 2 aromatic heterocycles. The van der Waals surface area contributed by atoms with Crippen LogP contribution in [0.3, 0.4) is 0 Å². The molecule has 0 spiro atoms. The highest BCUT2D eigenvalue weighted by molar-refractivity contribution is 6.02. The lowest BCUT2D eigenvalue weighted by Gasteiger charge is -2.01. The van der Waals surface area contributed by atoms with E-state index in [1.807, 2.05) is 35.0 Å². The average molecular weight is 298 g/mol. The number of fused-ring (bicyclic) bond motifs is 2. The van der Waals surface area contributed by atoms with E-state index in [2.05, 4.69) is 22.3 Å². The fourth-order valence-corrected chi connectivity index (χ4v) is 2.46. The first-order valence-corrected chi connectivity index (χ1v) is 7.28. The summed E-state index contributed by atoms with van der Waals surface area (Å²) in [5, 5.41) is 9.15. The minimum Gasteiger partial charge on any atom is -0.375 e. The molecule has 0 aliphatic carbocycles. The van der Waals surface area contributed by atoms with Crippen molar-refractivity contribution in [1.82, 2.24) is 14.8 Å². The molecule has 114 valence electrons. The van der Waals surface area contributed by atoms with Gasteiger partial charge in [0.15, 0.2) is 11.5 Å². The number of hydrogen-bond donors (Lipinski definition) is 1. The van der Waals surface area contributed by atoms with E-state index in [4.69, 9.17) is 4.74 Å². The number of aromatic nitrogens is 3. The van der Waals surface area contributed by atoms with E-state index >= 15 is 0 Å². The number of anilines is 1. The van der Waals surface area contributed by atoms with E-state index in [-0.39, 0.29) is 12.5 Å². The van der Waals surface area contributed by atoms with Crippen molar-refractivity contribution in [1.29, 1.82) is 0 Å². The number of benzene rings is 1. The van der Waals surface area contributed by atoms with E-state index < -0.39 is 0 Å². The molecular formula is C16H18N4O2. The van der Waals surface area contributed by atoms with Crippen LogP contribution in [0.1, 0.15) is 13.3 Å². The second-order valence-electron chi connectivity index (χ2n) is 5.11. The molecule has 3 aromatic rings. The normalized spacial score (nSPS) is 11.2. The number of methoxy groups -OCH3 is 1. The number of para-hydroxylation sites is 1. The summed E-state index contributed by atoms with van der Waals surface area (Å²) in [6.07, 6.45) is 0.941. The SMILES string of the molecule is CCCn1nc(NC(=O)COC)c2cc3ccccc3nc21. The van der Waals surface area contributed by atoms with Gasteiger partial charge < -0.3 is 10.1 Å². The number of aryl methyl sites for hydroxylation is 1. The van der Waals surface area contributed by atoms with Crippen molar-refractivity contribution < 1.29 is 9.53 Å². The Morgan fingerprint density at radius 3 is 2.95 bits per heavy atom. The predicted octanol–water partition coefficient (Wildman–Crippen LogP) is 2.58. The van der Waals surface area contributed by atoms with Gasteiger partial charge in [-0.05, 0) is 18.6 Å². The van der Waals surface area contributed by atoms with Crippen LogP contribution in [-0.4, -0.2) is 34.4 Å². The Bertz CT molecular complexity index is 825. The zero-order chi connectivity index (χ0) is 15.5. The molecule has 0 aliphatic heterocycles. The third-order valence-corrected chi connectivity index (χ3v) is 3.39. The highest BCUT2D eigenvalue weighted by Crippen LogP contribution is 2.26. The Balaban J connectivity index is 2.14. The van der Waals surface area contributed by atoms with Gasteiger partial charge in [0.1, 0.15) is 6.61 Å². The second-order valence-corrected chi connectivity index (χ2v) is 5.11. The summed E-state index contributed by atoms with van der Waals surface area (Å²) in [5.74, 6) is 0.308. The molecule has 2 heterocycles. The molecule has 0 fully saturated rings. The molecule has 0 aliphatic rings. The summed E-state index contributed by atoms with van der Waals surface area (Å²) < 4.78 is 6.69. The van der Waals surface area contributed by atoms with Crippen LogP contribution in [0.4, 0.5) is 5.82 Å². The van der Waals surface area contributed by atoms with Crippen molar-refractivity contribution in [3.63, 3.8) is 0 Å². The molecule has 6 nitrogen and oxygen atoms in total. The molecular weight excluding hydrogens is 280 g/mol. The fraction of sp³-hybridized carbons (Fsp3) is 0.312. The minimum atomic E-state index is -0.223. The lowest BCUT2D eigenvalue weighted by molar-refractivity contribution is -0.119. The van der Waals surface area contributed by atoms with Gasteiger partial charge in [-0.3, -0.25) is 4.79 Å². The van der Waals surface area contributed by atoms with Crippen molar-refractivity contribution >= 4 is 33.7 Å². The minimum absolute atomic E-state index is 0.00312. The summed E-state index contributed by atoms with van der Waals surface area (Å²) in [6.45, 7) is 2.84. The lowest BCUT2D eigenvalue weighted by Crippen LogP contribution is -2.17. The van der Waals surface area contributed by atoms with Crippen LogP contribution < -0.4 is 5.32 Å². The summed E-state index contributed by atoms with van der Waals surface area (Å²) >= 11 is 0. The maximum atomic E-state index is 11.8. The number of nitrogens with one attached hydrogen (secondary N) is 1. The third kappa shape index (κ3) is 2.65. The number of carbonyl (C=O) groups excluding carboxylic acids is 1. The van der Waals surface area contributed by atoms with Crippen LogP contribution in [0.15, 0.2) is 30.3 Å². The Hall–Kier alpha value is -2.47. The lowest BCUT2D eigenvalue weighted by atomic mass is 10.2. The predicted molar refractivity (Wildman–Crippen MR) is 85.8 cm³/mol. The van der Waals surface area contributed by atoms with Gasteiger partial charge in [0.2, 0.25) is 0 Å². The highest BCUT2D eigenvalue weighted by atomic mass is 16.5. The molecule has 0 saturated heterocycles. The zero-order valence-corrected chi connectivity index (χ0v) is 12.7. The molecule has 0 unspecified atom stereocenters. The number of carbonyl (C=O) groups is 1. The van der Waals surface area contributed by atoms with Crippen LogP contribution in [0.2, 0.25) is 0 Å². The molecule has 1 aromatic carbocycles. The van der Waals surface area contributed by atoms with Crippen molar-refractivity contribution in [2.24, 2.45) is 0 Å². The topological polar surface area (TPSA) is 69.0 Å². The van der Waals surface area contributed by atoms with E-state index in [0.717, 1.165) is 34.9 Å². The summed E-state index contributed by atoms with van der Waals surface area (Å²) in [5.41, 5.74) is 1.70. The van der Waals surface area contributed by atoms with Crippen molar-refractivity contribution in [2.75, 3.05) is 19.0 Å². The molecule has 0 bridgehead atoms. The van der Waals surface area contributed by atoms with Crippen LogP contribution >= 0.6 is 0 Å². The van der Waals surface area contributed by atoms with Crippen LogP contribution in [0.25, 0.3) is 21.9 Å². The molecule has 1 amide bonds. The maximum Gasteiger partial charge on any atom is 0.251 e. The monoisotopic (exact) mass is 298 g/mol. The maximum absolute atomic E-state index is 11.8. The average Bonchev–Trinajstić information content (AvgIpc) is 2.83. The van der Waals surface area contributed by atoms with E-state index in [1.165, 1.54) is 7.11 Å². The van der Waals surface area contributed by atoms with Gasteiger partial charge >= 0.3 is 0 Å². The first kappa shape index (κ1) is 14.5. The largest absolute Gasteiger partial charge is 0.375 e. The van der Waals surface area contributed by atoms with Gasteiger partial charge in [-0.25, -0.2) is 9.67 Å². The van der Waals surface area contributed by atoms with Crippen molar-refractivity contribution in [2.45, 2.75) is 19.9 Å². The Labute approximate surface area is 128 Å². The Morgan fingerprint density at radius 1 is 1.36 bits per heavy atom. The van der Waals surface area contributed by atoms with Gasteiger partial charge in [-0.2, -0.15) is 5.10 Å². The highest BCUT2D eigenvalue weighted by Gasteiger charge is 2.14. The molecule has 0 saturated carbocycles. The molecule has 3 rings (SSSR count). The number of amides is 1. The van der Waals surface area contributed by atoms with E-state index in [1.54, 1.807) is 0 Å². The molecule has 0 radical (unpaired) electrons. The standard InChI is InChI=1S/C16H18N4O2/c1-3-8-20-16-12(15(19-20)18-14(21)10-22-2)9-11-6-4-5-7-13(11)17-16/h4-7,9H,3,8,10H2,1-2H3,(H,18,19,21). The van der Waals surface area contributed by atoms with E-state index in [0.29, 0.717) is 5.82 Å². The van der Waals surface area contributed by atoms with Gasteiger partial charge in [-0.15, -0.1) is 0 Å². The van der Waals surface area contributed by atoms with Crippen LogP contribution in [0, 0.1) is 0 Å². The van der Waals surface area contributed by atoms with E-state index in [9.17, 15) is 4.79 Å².